The molecule has 3 N–H and O–H groups in total. The van der Waals surface area contributed by atoms with Gasteiger partial charge in [-0.2, -0.15) is 5.10 Å². The number of hydrogen-bond donors (Lipinski definition) is 2. The maximum atomic E-state index is 5.82. The first kappa shape index (κ1) is 13.2. The molecule has 0 aliphatic carbocycles. The summed E-state index contributed by atoms with van der Waals surface area (Å²) in [6.45, 7) is 2.61. The van der Waals surface area contributed by atoms with Gasteiger partial charge in [-0.1, -0.05) is 30.3 Å². The van der Waals surface area contributed by atoms with E-state index < -0.39 is 0 Å². The summed E-state index contributed by atoms with van der Waals surface area (Å²) in [6.07, 6.45) is 0. The van der Waals surface area contributed by atoms with Crippen LogP contribution in [0.3, 0.4) is 0 Å². The van der Waals surface area contributed by atoms with Crippen molar-refractivity contribution in [3.63, 3.8) is 0 Å². The van der Waals surface area contributed by atoms with Crippen LogP contribution in [0.15, 0.2) is 54.6 Å². The number of aromatic amines is 1. The zero-order valence-electron chi connectivity index (χ0n) is 11.8. The quantitative estimate of drug-likeness (QED) is 0.767. The lowest BCUT2D eigenvalue weighted by Gasteiger charge is -2.09. The molecule has 0 aliphatic rings. The van der Waals surface area contributed by atoms with Gasteiger partial charge in [0.1, 0.15) is 18.2 Å². The van der Waals surface area contributed by atoms with Crippen molar-refractivity contribution in [3.05, 3.63) is 65.7 Å². The van der Waals surface area contributed by atoms with Crippen LogP contribution in [-0.2, 0) is 6.61 Å². The molecule has 21 heavy (non-hydrogen) atoms. The third-order valence-corrected chi connectivity index (χ3v) is 3.33. The fraction of sp³-hybridized carbons (Fsp3) is 0.118. The number of anilines is 1. The summed E-state index contributed by atoms with van der Waals surface area (Å²) in [5, 5.41) is 6.88. The van der Waals surface area contributed by atoms with E-state index in [2.05, 4.69) is 22.3 Å². The average molecular weight is 279 g/mol. The molecule has 0 saturated carbocycles. The number of nitrogen functional groups attached to an aromatic ring is 1. The number of nitrogens with two attached hydrogens (primary N) is 1. The van der Waals surface area contributed by atoms with E-state index in [0.29, 0.717) is 12.4 Å². The van der Waals surface area contributed by atoms with E-state index in [1.165, 1.54) is 0 Å². The van der Waals surface area contributed by atoms with Crippen LogP contribution in [0, 0.1) is 6.92 Å². The highest BCUT2D eigenvalue weighted by atomic mass is 16.5. The van der Waals surface area contributed by atoms with E-state index in [0.717, 1.165) is 28.1 Å². The van der Waals surface area contributed by atoms with Gasteiger partial charge >= 0.3 is 0 Å². The van der Waals surface area contributed by atoms with Gasteiger partial charge in [-0.25, -0.2) is 0 Å². The molecule has 0 aliphatic heterocycles. The van der Waals surface area contributed by atoms with Gasteiger partial charge in [0.05, 0.1) is 5.69 Å². The standard InChI is InChI=1S/C17H17N3O/c1-12-9-14(21-11-13-5-3-2-4-6-13)7-8-15(12)16-10-17(18)20-19-16/h2-10H,11H2,1H3,(H3,18,19,20). The van der Waals surface area contributed by atoms with Crippen LogP contribution in [0.1, 0.15) is 11.1 Å². The van der Waals surface area contributed by atoms with Crippen LogP contribution >= 0.6 is 0 Å². The fourth-order valence-electron chi connectivity index (χ4n) is 2.24. The van der Waals surface area contributed by atoms with Gasteiger partial charge in [0.25, 0.3) is 0 Å². The summed E-state index contributed by atoms with van der Waals surface area (Å²) in [5.41, 5.74) is 9.90. The Balaban J connectivity index is 1.75. The highest BCUT2D eigenvalue weighted by Crippen LogP contribution is 2.26. The molecule has 3 aromatic rings. The van der Waals surface area contributed by atoms with Crippen molar-refractivity contribution >= 4 is 5.82 Å². The fourth-order valence-corrected chi connectivity index (χ4v) is 2.24. The predicted molar refractivity (Wildman–Crippen MR) is 83.9 cm³/mol. The number of rotatable bonds is 4. The van der Waals surface area contributed by atoms with Crippen molar-refractivity contribution < 1.29 is 4.74 Å². The Kier molecular flexibility index (Phi) is 3.60. The molecule has 0 fully saturated rings. The molecular weight excluding hydrogens is 262 g/mol. The van der Waals surface area contributed by atoms with E-state index in [-0.39, 0.29) is 0 Å². The zero-order chi connectivity index (χ0) is 14.7. The molecule has 0 radical (unpaired) electrons. The van der Waals surface area contributed by atoms with Crippen LogP contribution in [0.2, 0.25) is 0 Å². The molecule has 0 bridgehead atoms. The smallest absolute Gasteiger partial charge is 0.145 e. The Morgan fingerprint density at radius 1 is 1.10 bits per heavy atom. The highest BCUT2D eigenvalue weighted by Gasteiger charge is 2.06. The van der Waals surface area contributed by atoms with Crippen LogP contribution in [0.5, 0.6) is 5.75 Å². The van der Waals surface area contributed by atoms with Gasteiger partial charge in [0.15, 0.2) is 0 Å². The highest BCUT2D eigenvalue weighted by molar-refractivity contribution is 5.66. The maximum absolute atomic E-state index is 5.82. The lowest BCUT2D eigenvalue weighted by atomic mass is 10.1. The number of aryl methyl sites for hydroxylation is 1. The Bertz CT molecular complexity index is 735. The number of nitrogens with zero attached hydrogens (tertiary/aromatic N) is 1. The van der Waals surface area contributed by atoms with E-state index in [9.17, 15) is 0 Å². The van der Waals surface area contributed by atoms with Crippen LogP contribution in [0.25, 0.3) is 11.3 Å². The van der Waals surface area contributed by atoms with Crippen molar-refractivity contribution in [2.45, 2.75) is 13.5 Å². The molecule has 2 aromatic carbocycles. The summed E-state index contributed by atoms with van der Waals surface area (Å²) in [4.78, 5) is 0. The minimum absolute atomic E-state index is 0.494. The molecule has 4 heteroatoms. The number of nitrogens with one attached hydrogen (secondary N) is 1. The number of hydrogen-bond acceptors (Lipinski definition) is 3. The molecule has 106 valence electrons. The van der Waals surface area contributed by atoms with Crippen LogP contribution in [0.4, 0.5) is 5.82 Å². The molecule has 0 atom stereocenters. The summed E-state index contributed by atoms with van der Waals surface area (Å²) >= 11 is 0. The van der Waals surface area contributed by atoms with Crippen molar-refractivity contribution in [2.75, 3.05) is 5.73 Å². The topological polar surface area (TPSA) is 63.9 Å². The van der Waals surface area contributed by atoms with Gasteiger partial charge in [-0.3, -0.25) is 5.10 Å². The minimum Gasteiger partial charge on any atom is -0.489 e. The second kappa shape index (κ2) is 5.71. The molecule has 1 aromatic heterocycles. The number of aromatic nitrogens is 2. The van der Waals surface area contributed by atoms with E-state index in [1.807, 2.05) is 49.4 Å². The number of benzene rings is 2. The predicted octanol–water partition coefficient (Wildman–Crippen LogP) is 3.55. The first-order valence-electron chi connectivity index (χ1n) is 6.81. The molecule has 0 amide bonds. The summed E-state index contributed by atoms with van der Waals surface area (Å²) in [5.74, 6) is 1.35. The SMILES string of the molecule is Cc1cc(OCc2ccccc2)ccc1-c1cc(N)n[nH]1. The second-order valence-electron chi connectivity index (χ2n) is 4.96. The van der Waals surface area contributed by atoms with Gasteiger partial charge < -0.3 is 10.5 Å². The largest absolute Gasteiger partial charge is 0.489 e. The Morgan fingerprint density at radius 3 is 2.57 bits per heavy atom. The van der Waals surface area contributed by atoms with Crippen molar-refractivity contribution in [1.29, 1.82) is 0 Å². The molecule has 0 unspecified atom stereocenters. The third-order valence-electron chi connectivity index (χ3n) is 3.33. The van der Waals surface area contributed by atoms with Crippen molar-refractivity contribution in [1.82, 2.24) is 10.2 Å². The minimum atomic E-state index is 0.494. The van der Waals surface area contributed by atoms with Gasteiger partial charge in [-0.05, 0) is 36.2 Å². The summed E-state index contributed by atoms with van der Waals surface area (Å²) in [7, 11) is 0. The van der Waals surface area contributed by atoms with E-state index >= 15 is 0 Å². The first-order chi connectivity index (χ1) is 10.2. The maximum Gasteiger partial charge on any atom is 0.145 e. The molecule has 4 nitrogen and oxygen atoms in total. The zero-order valence-corrected chi connectivity index (χ0v) is 11.8. The Labute approximate surface area is 123 Å². The molecule has 0 spiro atoms. The van der Waals surface area contributed by atoms with Crippen molar-refractivity contribution in [3.8, 4) is 17.0 Å². The lowest BCUT2D eigenvalue weighted by Crippen LogP contribution is -1.95. The molecule has 3 rings (SSSR count). The second-order valence-corrected chi connectivity index (χ2v) is 4.96. The Morgan fingerprint density at radius 2 is 1.90 bits per heavy atom. The number of H-pyrrole nitrogens is 1. The Hall–Kier alpha value is -2.75. The molecule has 0 saturated heterocycles. The van der Waals surface area contributed by atoms with E-state index in [4.69, 9.17) is 10.5 Å². The average Bonchev–Trinajstić information content (AvgIpc) is 2.92. The van der Waals surface area contributed by atoms with Crippen LogP contribution < -0.4 is 10.5 Å². The summed E-state index contributed by atoms with van der Waals surface area (Å²) < 4.78 is 5.82. The molecule has 1 heterocycles. The van der Waals surface area contributed by atoms with Gasteiger partial charge in [0, 0.05) is 11.6 Å². The van der Waals surface area contributed by atoms with Gasteiger partial charge in [0.2, 0.25) is 0 Å². The number of ether oxygens (including phenoxy) is 1. The van der Waals surface area contributed by atoms with Crippen molar-refractivity contribution in [2.24, 2.45) is 0 Å². The first-order valence-corrected chi connectivity index (χ1v) is 6.81. The third kappa shape index (κ3) is 3.05. The monoisotopic (exact) mass is 279 g/mol. The van der Waals surface area contributed by atoms with Gasteiger partial charge in [-0.15, -0.1) is 0 Å². The normalized spacial score (nSPS) is 10.5. The lowest BCUT2D eigenvalue weighted by molar-refractivity contribution is 0.306. The van der Waals surface area contributed by atoms with E-state index in [1.54, 1.807) is 0 Å². The summed E-state index contributed by atoms with van der Waals surface area (Å²) in [6, 6.07) is 17.9. The molecular formula is C17H17N3O. The van der Waals surface area contributed by atoms with Crippen LogP contribution in [-0.4, -0.2) is 10.2 Å².